The smallest absolute Gasteiger partial charge is 0.309 e. The van der Waals surface area contributed by atoms with E-state index in [9.17, 15) is 9.59 Å². The number of methoxy groups -OCH3 is 1. The molecule has 0 N–H and O–H groups in total. The third-order valence-corrected chi connectivity index (χ3v) is 3.18. The molecule has 0 amide bonds. The average Bonchev–Trinajstić information content (AvgIpc) is 2.76. The van der Waals surface area contributed by atoms with Crippen molar-refractivity contribution in [3.05, 3.63) is 11.8 Å². The van der Waals surface area contributed by atoms with Gasteiger partial charge >= 0.3 is 5.97 Å². The van der Waals surface area contributed by atoms with Gasteiger partial charge in [0.15, 0.2) is 0 Å². The van der Waals surface area contributed by atoms with Gasteiger partial charge in [-0.05, 0) is 5.41 Å². The Morgan fingerprint density at radius 3 is 2.25 bits per heavy atom. The van der Waals surface area contributed by atoms with Gasteiger partial charge in [0.2, 0.25) is 0 Å². The molecule has 0 aromatic heterocycles. The normalized spacial score (nSPS) is 27.2. The first-order valence-corrected chi connectivity index (χ1v) is 5.27. The average molecular weight is 225 g/mol. The molecule has 90 valence electrons. The fourth-order valence-electron chi connectivity index (χ4n) is 2.31. The largest absolute Gasteiger partial charge is 0.469 e. The summed E-state index contributed by atoms with van der Waals surface area (Å²) in [4.78, 5) is 24.4. The molecule has 2 atom stereocenters. The third-order valence-electron chi connectivity index (χ3n) is 3.18. The SMILES string of the molecule is COC(=O)[C@@H]1[C@H](C(C=O)=CN(C)C)C1(C)C. The molecule has 1 aliphatic carbocycles. The Kier molecular flexibility index (Phi) is 3.41. The molecule has 0 unspecified atom stereocenters. The number of hydrogen-bond donors (Lipinski definition) is 0. The Labute approximate surface area is 96.3 Å². The molecule has 0 radical (unpaired) electrons. The second kappa shape index (κ2) is 4.28. The van der Waals surface area contributed by atoms with E-state index in [4.69, 9.17) is 4.74 Å². The molecule has 1 fully saturated rings. The lowest BCUT2D eigenvalue weighted by molar-refractivity contribution is -0.143. The second-order valence-corrected chi connectivity index (χ2v) is 5.01. The van der Waals surface area contributed by atoms with E-state index < -0.39 is 0 Å². The molecule has 4 heteroatoms. The van der Waals surface area contributed by atoms with E-state index in [1.165, 1.54) is 7.11 Å². The minimum Gasteiger partial charge on any atom is -0.469 e. The number of rotatable bonds is 4. The zero-order chi connectivity index (χ0) is 12.5. The molecule has 0 aromatic carbocycles. The van der Waals surface area contributed by atoms with Crippen LogP contribution in [0, 0.1) is 17.3 Å². The summed E-state index contributed by atoms with van der Waals surface area (Å²) in [7, 11) is 5.09. The molecule has 0 heterocycles. The van der Waals surface area contributed by atoms with Crippen LogP contribution in [0.3, 0.4) is 0 Å². The van der Waals surface area contributed by atoms with Crippen LogP contribution in [-0.2, 0) is 14.3 Å². The van der Waals surface area contributed by atoms with Gasteiger partial charge in [0.05, 0.1) is 13.0 Å². The van der Waals surface area contributed by atoms with E-state index in [2.05, 4.69) is 0 Å². The Bertz CT molecular complexity index is 331. The van der Waals surface area contributed by atoms with Gasteiger partial charge in [-0.2, -0.15) is 0 Å². The summed E-state index contributed by atoms with van der Waals surface area (Å²) in [6.45, 7) is 3.96. The molecule has 1 rings (SSSR count). The molecule has 1 aliphatic rings. The van der Waals surface area contributed by atoms with Crippen LogP contribution in [-0.4, -0.2) is 38.4 Å². The topological polar surface area (TPSA) is 46.6 Å². The highest BCUT2D eigenvalue weighted by Gasteiger charge is 2.63. The van der Waals surface area contributed by atoms with Gasteiger partial charge in [-0.15, -0.1) is 0 Å². The van der Waals surface area contributed by atoms with Crippen LogP contribution >= 0.6 is 0 Å². The van der Waals surface area contributed by atoms with Gasteiger partial charge in [0.25, 0.3) is 0 Å². The molecule has 4 nitrogen and oxygen atoms in total. The molecule has 0 bridgehead atoms. The highest BCUT2D eigenvalue weighted by molar-refractivity contribution is 5.84. The van der Waals surface area contributed by atoms with Gasteiger partial charge in [-0.1, -0.05) is 13.8 Å². The predicted octanol–water partition coefficient (Wildman–Crippen LogP) is 1.08. The van der Waals surface area contributed by atoms with Crippen LogP contribution in [0.4, 0.5) is 0 Å². The van der Waals surface area contributed by atoms with Crippen molar-refractivity contribution in [3.63, 3.8) is 0 Å². The van der Waals surface area contributed by atoms with Crippen molar-refractivity contribution in [2.45, 2.75) is 13.8 Å². The highest BCUT2D eigenvalue weighted by Crippen LogP contribution is 2.61. The van der Waals surface area contributed by atoms with Crippen molar-refractivity contribution in [2.24, 2.45) is 17.3 Å². The summed E-state index contributed by atoms with van der Waals surface area (Å²) >= 11 is 0. The van der Waals surface area contributed by atoms with Gasteiger partial charge in [-0.3, -0.25) is 9.59 Å². The summed E-state index contributed by atoms with van der Waals surface area (Å²) in [5.41, 5.74) is 0.473. The van der Waals surface area contributed by atoms with Crippen LogP contribution < -0.4 is 0 Å². The molecule has 0 spiro atoms. The summed E-state index contributed by atoms with van der Waals surface area (Å²) in [6.07, 6.45) is 2.59. The fraction of sp³-hybridized carbons (Fsp3) is 0.667. The lowest BCUT2D eigenvalue weighted by Crippen LogP contribution is -2.09. The number of carbonyl (C=O) groups is 2. The number of nitrogens with zero attached hydrogens (tertiary/aromatic N) is 1. The van der Waals surface area contributed by atoms with Crippen molar-refractivity contribution in [3.8, 4) is 0 Å². The van der Waals surface area contributed by atoms with Gasteiger partial charge in [0.1, 0.15) is 6.29 Å². The maximum absolute atomic E-state index is 11.5. The van der Waals surface area contributed by atoms with E-state index in [-0.39, 0.29) is 23.2 Å². The Balaban J connectivity index is 2.90. The minimum atomic E-state index is -0.235. The van der Waals surface area contributed by atoms with E-state index in [1.54, 1.807) is 6.20 Å². The maximum atomic E-state index is 11.5. The standard InChI is InChI=1S/C12H19NO3/c1-12(2)9(10(12)11(15)16-5)8(7-14)6-13(3)4/h6-7,9-10H,1-5H3/t9-,10-/m0/s1. The second-order valence-electron chi connectivity index (χ2n) is 5.01. The number of allylic oxidation sites excluding steroid dienone is 1. The Morgan fingerprint density at radius 1 is 1.31 bits per heavy atom. The molecular weight excluding hydrogens is 206 g/mol. The molecule has 0 aromatic rings. The lowest BCUT2D eigenvalue weighted by Gasteiger charge is -2.08. The molecule has 0 saturated heterocycles. The fourth-order valence-corrected chi connectivity index (χ4v) is 2.31. The summed E-state index contributed by atoms with van der Waals surface area (Å²) in [5, 5.41) is 0. The lowest BCUT2D eigenvalue weighted by atomic mass is 10.0. The van der Waals surface area contributed by atoms with Crippen molar-refractivity contribution in [1.82, 2.24) is 4.90 Å². The number of hydrogen-bond acceptors (Lipinski definition) is 4. The maximum Gasteiger partial charge on any atom is 0.309 e. The highest BCUT2D eigenvalue weighted by atomic mass is 16.5. The monoisotopic (exact) mass is 225 g/mol. The van der Waals surface area contributed by atoms with Crippen LogP contribution in [0.5, 0.6) is 0 Å². The van der Waals surface area contributed by atoms with Gasteiger partial charge < -0.3 is 9.64 Å². The Hall–Kier alpha value is -1.32. The van der Waals surface area contributed by atoms with Gasteiger partial charge in [0, 0.05) is 31.8 Å². The first-order chi connectivity index (χ1) is 7.36. The number of aldehydes is 1. The van der Waals surface area contributed by atoms with E-state index >= 15 is 0 Å². The molecule has 16 heavy (non-hydrogen) atoms. The zero-order valence-electron chi connectivity index (χ0n) is 10.5. The third kappa shape index (κ3) is 2.10. The van der Waals surface area contributed by atoms with Crippen molar-refractivity contribution in [1.29, 1.82) is 0 Å². The summed E-state index contributed by atoms with van der Waals surface area (Å²) < 4.78 is 4.74. The van der Waals surface area contributed by atoms with E-state index in [1.807, 2.05) is 32.8 Å². The number of esters is 1. The predicted molar refractivity (Wildman–Crippen MR) is 60.6 cm³/mol. The summed E-state index contributed by atoms with van der Waals surface area (Å²) in [5.74, 6) is -0.463. The van der Waals surface area contributed by atoms with Crippen molar-refractivity contribution < 1.29 is 14.3 Å². The quantitative estimate of drug-likeness (QED) is 0.408. The van der Waals surface area contributed by atoms with Gasteiger partial charge in [-0.25, -0.2) is 0 Å². The molecular formula is C12H19NO3. The Morgan fingerprint density at radius 2 is 1.88 bits per heavy atom. The first-order valence-electron chi connectivity index (χ1n) is 5.27. The van der Waals surface area contributed by atoms with Crippen LogP contribution in [0.1, 0.15) is 13.8 Å². The molecule has 1 saturated carbocycles. The van der Waals surface area contributed by atoms with E-state index in [0.29, 0.717) is 5.57 Å². The van der Waals surface area contributed by atoms with Crippen LogP contribution in [0.2, 0.25) is 0 Å². The van der Waals surface area contributed by atoms with Crippen LogP contribution in [0.25, 0.3) is 0 Å². The van der Waals surface area contributed by atoms with Crippen molar-refractivity contribution in [2.75, 3.05) is 21.2 Å². The van der Waals surface area contributed by atoms with Crippen molar-refractivity contribution >= 4 is 12.3 Å². The zero-order valence-corrected chi connectivity index (χ0v) is 10.5. The number of ether oxygens (including phenoxy) is 1. The molecule has 0 aliphatic heterocycles. The number of carbonyl (C=O) groups excluding carboxylic acids is 2. The van der Waals surface area contributed by atoms with Crippen LogP contribution in [0.15, 0.2) is 11.8 Å². The minimum absolute atomic E-state index is 0.0279. The summed E-state index contributed by atoms with van der Waals surface area (Å²) in [6, 6.07) is 0. The first kappa shape index (κ1) is 12.7. The van der Waals surface area contributed by atoms with E-state index in [0.717, 1.165) is 6.29 Å².